The summed E-state index contributed by atoms with van der Waals surface area (Å²) in [6.07, 6.45) is -13.6. The van der Waals surface area contributed by atoms with Crippen LogP contribution in [0.5, 0.6) is 0 Å². The fraction of sp³-hybridized carbons (Fsp3) is 0.750. The highest BCUT2D eigenvalue weighted by Gasteiger charge is 2.55. The molecule has 0 aromatic rings. The van der Waals surface area contributed by atoms with Gasteiger partial charge in [0.05, 0.1) is 0 Å². The molecule has 232 valence electrons. The second kappa shape index (κ2) is 15.0. The zero-order valence-corrected chi connectivity index (χ0v) is 23.3. The standard InChI is InChI=1S/C24H35NO16/c1-9(26)33-7-15-19(21(36-12(4)29)17(25)23(39-15)38-14(6)31)41-24-18(32)22(37-13(5)30)20(35-11(3)28)16(40-24)8-34-10(2)27/h15-24,32H,7-8,25H2,1-6H3. The first-order chi connectivity index (χ1) is 19.1. The first kappa shape index (κ1) is 33.8. The molecule has 2 aliphatic heterocycles. The molecule has 2 fully saturated rings. The molecule has 0 amide bonds. The minimum absolute atomic E-state index is 0.509. The van der Waals surface area contributed by atoms with Crippen LogP contribution in [0.15, 0.2) is 0 Å². The van der Waals surface area contributed by atoms with Crippen LogP contribution >= 0.6 is 0 Å². The molecule has 10 unspecified atom stereocenters. The zero-order valence-electron chi connectivity index (χ0n) is 23.3. The maximum absolute atomic E-state index is 12.0. The first-order valence-corrected chi connectivity index (χ1v) is 12.5. The van der Waals surface area contributed by atoms with E-state index in [4.69, 9.17) is 48.4 Å². The average molecular weight is 594 g/mol. The quantitative estimate of drug-likeness (QED) is 0.206. The molecule has 17 heteroatoms. The summed E-state index contributed by atoms with van der Waals surface area (Å²) < 4.78 is 48.4. The Morgan fingerprint density at radius 2 is 1.00 bits per heavy atom. The summed E-state index contributed by atoms with van der Waals surface area (Å²) in [6.45, 7) is 5.46. The number of hydrogen-bond donors (Lipinski definition) is 2. The molecule has 0 aliphatic carbocycles. The number of esters is 6. The molecule has 2 aliphatic rings. The predicted molar refractivity (Wildman–Crippen MR) is 128 cm³/mol. The summed E-state index contributed by atoms with van der Waals surface area (Å²) in [5.41, 5.74) is 6.19. The summed E-state index contributed by atoms with van der Waals surface area (Å²) in [5, 5.41) is 11.1. The van der Waals surface area contributed by atoms with E-state index < -0.39 is 110 Å². The smallest absolute Gasteiger partial charge is 0.304 e. The molecular formula is C24H35NO16. The van der Waals surface area contributed by atoms with Gasteiger partial charge in [-0.2, -0.15) is 0 Å². The molecule has 17 nitrogen and oxygen atoms in total. The Balaban J connectivity index is 2.49. The number of ether oxygens (including phenoxy) is 9. The van der Waals surface area contributed by atoms with Crippen molar-refractivity contribution in [1.29, 1.82) is 0 Å². The lowest BCUT2D eigenvalue weighted by molar-refractivity contribution is -0.346. The van der Waals surface area contributed by atoms with E-state index in [0.29, 0.717) is 0 Å². The molecule has 3 N–H and O–H groups in total. The third kappa shape index (κ3) is 9.89. The highest BCUT2D eigenvalue weighted by Crippen LogP contribution is 2.33. The van der Waals surface area contributed by atoms with Crippen molar-refractivity contribution in [3.8, 4) is 0 Å². The lowest BCUT2D eigenvalue weighted by Crippen LogP contribution is -2.68. The van der Waals surface area contributed by atoms with Gasteiger partial charge in [-0.05, 0) is 0 Å². The Morgan fingerprint density at radius 1 is 0.585 bits per heavy atom. The minimum Gasteiger partial charge on any atom is -0.463 e. The van der Waals surface area contributed by atoms with Crippen LogP contribution in [0.4, 0.5) is 0 Å². The molecule has 2 heterocycles. The van der Waals surface area contributed by atoms with Crippen molar-refractivity contribution in [1.82, 2.24) is 0 Å². The van der Waals surface area contributed by atoms with E-state index in [9.17, 15) is 33.9 Å². The van der Waals surface area contributed by atoms with Crippen LogP contribution in [0.1, 0.15) is 41.5 Å². The number of hydrogen-bond acceptors (Lipinski definition) is 17. The number of carbonyl (C=O) groups is 6. The lowest BCUT2D eigenvalue weighted by atomic mass is 9.95. The van der Waals surface area contributed by atoms with Crippen molar-refractivity contribution < 1.29 is 76.5 Å². The predicted octanol–water partition coefficient (Wildman–Crippen LogP) is -2.01. The Bertz CT molecular complexity index is 987. The monoisotopic (exact) mass is 593 g/mol. The van der Waals surface area contributed by atoms with E-state index in [-0.39, 0.29) is 0 Å². The maximum Gasteiger partial charge on any atom is 0.304 e. The summed E-state index contributed by atoms with van der Waals surface area (Å²) in [6, 6.07) is -1.34. The average Bonchev–Trinajstić information content (AvgIpc) is 2.83. The molecule has 0 aromatic heterocycles. The Kier molecular flexibility index (Phi) is 12.4. The third-order valence-corrected chi connectivity index (χ3v) is 5.69. The largest absolute Gasteiger partial charge is 0.463 e. The van der Waals surface area contributed by atoms with Crippen LogP contribution in [0, 0.1) is 0 Å². The van der Waals surface area contributed by atoms with Gasteiger partial charge in [-0.25, -0.2) is 0 Å². The summed E-state index contributed by atoms with van der Waals surface area (Å²) in [7, 11) is 0. The number of carbonyl (C=O) groups excluding carboxylic acids is 6. The summed E-state index contributed by atoms with van der Waals surface area (Å²) in [4.78, 5) is 70.3. The van der Waals surface area contributed by atoms with Crippen molar-refractivity contribution in [3.05, 3.63) is 0 Å². The van der Waals surface area contributed by atoms with Crippen molar-refractivity contribution >= 4 is 35.8 Å². The highest BCUT2D eigenvalue weighted by molar-refractivity contribution is 5.68. The van der Waals surface area contributed by atoms with Crippen LogP contribution in [-0.2, 0) is 71.4 Å². The normalized spacial score (nSPS) is 33.1. The second-order valence-corrected chi connectivity index (χ2v) is 9.19. The molecule has 41 heavy (non-hydrogen) atoms. The Hall–Kier alpha value is -3.38. The number of aliphatic hydroxyl groups excluding tert-OH is 1. The van der Waals surface area contributed by atoms with Gasteiger partial charge in [0, 0.05) is 41.5 Å². The van der Waals surface area contributed by atoms with Gasteiger partial charge < -0.3 is 53.5 Å². The second-order valence-electron chi connectivity index (χ2n) is 9.19. The molecule has 2 saturated heterocycles. The van der Waals surface area contributed by atoms with E-state index in [1.165, 1.54) is 0 Å². The topological polar surface area (TPSA) is 232 Å². The van der Waals surface area contributed by atoms with Crippen molar-refractivity contribution in [2.75, 3.05) is 13.2 Å². The van der Waals surface area contributed by atoms with E-state index in [2.05, 4.69) is 0 Å². The van der Waals surface area contributed by atoms with Crippen molar-refractivity contribution in [3.63, 3.8) is 0 Å². The van der Waals surface area contributed by atoms with Gasteiger partial charge in [-0.15, -0.1) is 0 Å². The van der Waals surface area contributed by atoms with E-state index in [0.717, 1.165) is 41.5 Å². The van der Waals surface area contributed by atoms with Crippen LogP contribution in [0.2, 0.25) is 0 Å². The minimum atomic E-state index is -1.84. The zero-order chi connectivity index (χ0) is 31.0. The van der Waals surface area contributed by atoms with Crippen molar-refractivity contribution in [2.24, 2.45) is 5.73 Å². The summed E-state index contributed by atoms with van der Waals surface area (Å²) in [5.74, 6) is -4.73. The highest BCUT2D eigenvalue weighted by atomic mass is 16.8. The number of nitrogens with two attached hydrogens (primary N) is 1. The Morgan fingerprint density at radius 3 is 1.46 bits per heavy atom. The third-order valence-electron chi connectivity index (χ3n) is 5.69. The van der Waals surface area contributed by atoms with Gasteiger partial charge in [0.15, 0.2) is 24.6 Å². The summed E-state index contributed by atoms with van der Waals surface area (Å²) >= 11 is 0. The molecule has 10 atom stereocenters. The molecule has 0 spiro atoms. The van der Waals surface area contributed by atoms with Crippen LogP contribution in [-0.4, -0.2) is 115 Å². The van der Waals surface area contributed by atoms with Crippen LogP contribution in [0.3, 0.4) is 0 Å². The molecule has 0 radical (unpaired) electrons. The van der Waals surface area contributed by atoms with E-state index >= 15 is 0 Å². The lowest BCUT2D eigenvalue weighted by Gasteiger charge is -2.47. The fourth-order valence-corrected chi connectivity index (χ4v) is 4.19. The number of rotatable bonds is 10. The van der Waals surface area contributed by atoms with Gasteiger partial charge in [0.1, 0.15) is 43.7 Å². The fourth-order valence-electron chi connectivity index (χ4n) is 4.19. The van der Waals surface area contributed by atoms with E-state index in [1.54, 1.807) is 0 Å². The molecule has 2 rings (SSSR count). The van der Waals surface area contributed by atoms with Gasteiger partial charge in [-0.1, -0.05) is 0 Å². The maximum atomic E-state index is 12.0. The van der Waals surface area contributed by atoms with Gasteiger partial charge in [0.25, 0.3) is 0 Å². The molecule has 0 aromatic carbocycles. The molecule has 0 bridgehead atoms. The SMILES string of the molecule is CC(=O)OCC1OC(OC(C)=O)C(N)C(OC(C)=O)C1OC1OC(COC(C)=O)C(OC(C)=O)C(OC(C)=O)C1O. The Labute approximate surface area is 234 Å². The van der Waals surface area contributed by atoms with Gasteiger partial charge >= 0.3 is 35.8 Å². The molecular weight excluding hydrogens is 558 g/mol. The first-order valence-electron chi connectivity index (χ1n) is 12.5. The van der Waals surface area contributed by atoms with Gasteiger partial charge in [0.2, 0.25) is 6.29 Å². The van der Waals surface area contributed by atoms with E-state index in [1.807, 2.05) is 0 Å². The van der Waals surface area contributed by atoms with Crippen molar-refractivity contribution in [2.45, 2.75) is 103 Å². The molecule has 0 saturated carbocycles. The van der Waals surface area contributed by atoms with Gasteiger partial charge in [-0.3, -0.25) is 28.8 Å². The number of aliphatic hydroxyl groups is 1. The van der Waals surface area contributed by atoms with Crippen LogP contribution < -0.4 is 5.73 Å². The van der Waals surface area contributed by atoms with Crippen LogP contribution in [0.25, 0.3) is 0 Å².